The molecule has 0 radical (unpaired) electrons. The maximum atomic E-state index is 11.7. The highest BCUT2D eigenvalue weighted by molar-refractivity contribution is 5.98. The molecule has 3 rings (SSSR count). The van der Waals surface area contributed by atoms with Crippen molar-refractivity contribution in [2.24, 2.45) is 11.5 Å². The zero-order valence-corrected chi connectivity index (χ0v) is 13.4. The summed E-state index contributed by atoms with van der Waals surface area (Å²) < 4.78 is 0. The summed E-state index contributed by atoms with van der Waals surface area (Å²) in [6, 6.07) is 7.34. The smallest absolute Gasteiger partial charge is 0.252 e. The van der Waals surface area contributed by atoms with Crippen molar-refractivity contribution in [2.75, 3.05) is 10.6 Å². The van der Waals surface area contributed by atoms with Gasteiger partial charge in [-0.2, -0.15) is 0 Å². The number of rotatable bonds is 5. The Bertz CT molecular complexity index is 705. The van der Waals surface area contributed by atoms with Gasteiger partial charge in [0.15, 0.2) is 0 Å². The van der Waals surface area contributed by atoms with Gasteiger partial charge < -0.3 is 22.1 Å². The number of pyridine rings is 2. The fourth-order valence-electron chi connectivity index (χ4n) is 2.93. The number of nitrogens with zero attached hydrogens (tertiary/aromatic N) is 2. The SMILES string of the molecule is NC(=O)c1ccc(N[C@@H]2CCCC[C@@H]2N)nc1Nc1ccncc1. The van der Waals surface area contributed by atoms with E-state index in [0.29, 0.717) is 17.2 Å². The standard InChI is InChI=1S/C17H22N6O/c18-13-3-1-2-4-14(13)22-15-6-5-12(16(19)24)17(23-15)21-11-7-9-20-10-8-11/h5-10,13-14H,1-4,18H2,(H2,19,24)(H2,20,21,22,23)/t13-,14+/m0/s1. The van der Waals surface area contributed by atoms with Crippen LogP contribution >= 0.6 is 0 Å². The van der Waals surface area contributed by atoms with E-state index in [1.54, 1.807) is 36.7 Å². The molecule has 2 heterocycles. The van der Waals surface area contributed by atoms with Gasteiger partial charge in [-0.25, -0.2) is 4.98 Å². The summed E-state index contributed by atoms with van der Waals surface area (Å²) in [5, 5.41) is 6.50. The fraction of sp³-hybridized carbons (Fsp3) is 0.353. The Morgan fingerprint density at radius 3 is 2.58 bits per heavy atom. The van der Waals surface area contributed by atoms with Crippen LogP contribution in [0, 0.1) is 0 Å². The first-order chi connectivity index (χ1) is 11.6. The minimum absolute atomic E-state index is 0.118. The Labute approximate surface area is 140 Å². The molecule has 6 N–H and O–H groups in total. The van der Waals surface area contributed by atoms with Gasteiger partial charge in [-0.15, -0.1) is 0 Å². The van der Waals surface area contributed by atoms with Crippen LogP contribution in [-0.4, -0.2) is 28.0 Å². The number of primary amides is 1. The summed E-state index contributed by atoms with van der Waals surface area (Å²) >= 11 is 0. The lowest BCUT2D eigenvalue weighted by molar-refractivity contribution is 0.100. The quantitative estimate of drug-likeness (QED) is 0.667. The van der Waals surface area contributed by atoms with E-state index in [-0.39, 0.29) is 12.1 Å². The molecular formula is C17H22N6O. The molecular weight excluding hydrogens is 304 g/mol. The molecule has 7 nitrogen and oxygen atoms in total. The van der Waals surface area contributed by atoms with E-state index in [4.69, 9.17) is 11.5 Å². The van der Waals surface area contributed by atoms with Gasteiger partial charge in [-0.1, -0.05) is 12.8 Å². The Morgan fingerprint density at radius 2 is 1.88 bits per heavy atom. The maximum absolute atomic E-state index is 11.7. The van der Waals surface area contributed by atoms with Gasteiger partial charge in [0.2, 0.25) is 0 Å². The first-order valence-corrected chi connectivity index (χ1v) is 8.13. The van der Waals surface area contributed by atoms with Crippen molar-refractivity contribution in [3.63, 3.8) is 0 Å². The van der Waals surface area contributed by atoms with Gasteiger partial charge in [-0.3, -0.25) is 9.78 Å². The molecule has 126 valence electrons. The van der Waals surface area contributed by atoms with Crippen molar-refractivity contribution in [2.45, 2.75) is 37.8 Å². The summed E-state index contributed by atoms with van der Waals surface area (Å²) in [6.45, 7) is 0. The second-order valence-electron chi connectivity index (χ2n) is 6.02. The first-order valence-electron chi connectivity index (χ1n) is 8.13. The summed E-state index contributed by atoms with van der Waals surface area (Å²) in [5.41, 5.74) is 12.8. The third-order valence-corrected chi connectivity index (χ3v) is 4.26. The second-order valence-corrected chi connectivity index (χ2v) is 6.02. The van der Waals surface area contributed by atoms with Crippen molar-refractivity contribution < 1.29 is 4.79 Å². The van der Waals surface area contributed by atoms with Crippen LogP contribution < -0.4 is 22.1 Å². The van der Waals surface area contributed by atoms with E-state index < -0.39 is 5.91 Å². The lowest BCUT2D eigenvalue weighted by Crippen LogP contribution is -2.42. The van der Waals surface area contributed by atoms with E-state index in [1.807, 2.05) is 0 Å². The van der Waals surface area contributed by atoms with Crippen molar-refractivity contribution >= 4 is 23.2 Å². The third kappa shape index (κ3) is 3.80. The highest BCUT2D eigenvalue weighted by atomic mass is 16.1. The highest BCUT2D eigenvalue weighted by Crippen LogP contribution is 2.24. The number of nitrogens with two attached hydrogens (primary N) is 2. The van der Waals surface area contributed by atoms with Crippen LogP contribution in [0.1, 0.15) is 36.0 Å². The molecule has 24 heavy (non-hydrogen) atoms. The number of carbonyl (C=O) groups is 1. The highest BCUT2D eigenvalue weighted by Gasteiger charge is 2.22. The maximum Gasteiger partial charge on any atom is 0.252 e. The third-order valence-electron chi connectivity index (χ3n) is 4.26. The zero-order valence-electron chi connectivity index (χ0n) is 13.4. The molecule has 2 atom stereocenters. The predicted molar refractivity (Wildman–Crippen MR) is 94.1 cm³/mol. The van der Waals surface area contributed by atoms with Crippen LogP contribution in [0.25, 0.3) is 0 Å². The zero-order chi connectivity index (χ0) is 16.9. The van der Waals surface area contributed by atoms with E-state index in [1.165, 1.54) is 6.42 Å². The summed E-state index contributed by atoms with van der Waals surface area (Å²) in [7, 11) is 0. The molecule has 0 aliphatic heterocycles. The monoisotopic (exact) mass is 326 g/mol. The molecule has 7 heteroatoms. The van der Waals surface area contributed by atoms with Crippen LogP contribution in [-0.2, 0) is 0 Å². The molecule has 2 aromatic rings. The van der Waals surface area contributed by atoms with Crippen molar-refractivity contribution in [1.82, 2.24) is 9.97 Å². The van der Waals surface area contributed by atoms with Crippen molar-refractivity contribution in [3.05, 3.63) is 42.2 Å². The van der Waals surface area contributed by atoms with Gasteiger partial charge in [0, 0.05) is 30.2 Å². The Kier molecular flexibility index (Phi) is 4.90. The van der Waals surface area contributed by atoms with Gasteiger partial charge in [0.05, 0.1) is 5.56 Å². The summed E-state index contributed by atoms with van der Waals surface area (Å²) in [4.78, 5) is 20.1. The molecule has 1 aliphatic rings. The van der Waals surface area contributed by atoms with Crippen molar-refractivity contribution in [1.29, 1.82) is 0 Å². The molecule has 2 aromatic heterocycles. The van der Waals surface area contributed by atoms with Crippen LogP contribution in [0.2, 0.25) is 0 Å². The van der Waals surface area contributed by atoms with Gasteiger partial charge >= 0.3 is 0 Å². The predicted octanol–water partition coefficient (Wildman–Crippen LogP) is 2.00. The molecule has 0 aromatic carbocycles. The average Bonchev–Trinajstić information content (AvgIpc) is 2.58. The number of hydrogen-bond acceptors (Lipinski definition) is 6. The lowest BCUT2D eigenvalue weighted by Gasteiger charge is -2.29. The lowest BCUT2D eigenvalue weighted by atomic mass is 9.91. The number of hydrogen-bond donors (Lipinski definition) is 4. The van der Waals surface area contributed by atoms with E-state index in [2.05, 4.69) is 20.6 Å². The van der Waals surface area contributed by atoms with E-state index in [9.17, 15) is 4.79 Å². The second kappa shape index (κ2) is 7.27. The fourth-order valence-corrected chi connectivity index (χ4v) is 2.93. The first kappa shape index (κ1) is 16.2. The molecule has 1 amide bonds. The Morgan fingerprint density at radius 1 is 1.12 bits per heavy atom. The molecule has 0 bridgehead atoms. The van der Waals surface area contributed by atoms with Gasteiger partial charge in [0.25, 0.3) is 5.91 Å². The molecule has 1 fully saturated rings. The molecule has 1 saturated carbocycles. The minimum atomic E-state index is -0.528. The number of amides is 1. The molecule has 0 spiro atoms. The minimum Gasteiger partial charge on any atom is -0.366 e. The normalized spacial score (nSPS) is 20.4. The summed E-state index contributed by atoms with van der Waals surface area (Å²) in [6.07, 6.45) is 7.69. The van der Waals surface area contributed by atoms with Crippen LogP contribution in [0.5, 0.6) is 0 Å². The Balaban J connectivity index is 1.83. The average molecular weight is 326 g/mol. The topological polar surface area (TPSA) is 119 Å². The van der Waals surface area contributed by atoms with E-state index in [0.717, 1.165) is 24.9 Å². The van der Waals surface area contributed by atoms with E-state index >= 15 is 0 Å². The van der Waals surface area contributed by atoms with Gasteiger partial charge in [-0.05, 0) is 37.1 Å². The number of nitrogens with one attached hydrogen (secondary N) is 2. The van der Waals surface area contributed by atoms with Crippen LogP contribution in [0.15, 0.2) is 36.7 Å². The van der Waals surface area contributed by atoms with Crippen LogP contribution in [0.3, 0.4) is 0 Å². The van der Waals surface area contributed by atoms with Crippen LogP contribution in [0.4, 0.5) is 17.3 Å². The largest absolute Gasteiger partial charge is 0.366 e. The molecule has 0 saturated heterocycles. The molecule has 0 unspecified atom stereocenters. The number of aromatic nitrogens is 2. The van der Waals surface area contributed by atoms with Crippen molar-refractivity contribution in [3.8, 4) is 0 Å². The van der Waals surface area contributed by atoms with Gasteiger partial charge in [0.1, 0.15) is 11.6 Å². The Hall–Kier alpha value is -2.67. The number of carbonyl (C=O) groups excluding carboxylic acids is 1. The number of anilines is 3. The molecule has 1 aliphatic carbocycles. The summed E-state index contributed by atoms with van der Waals surface area (Å²) in [5.74, 6) is 0.571.